The third kappa shape index (κ3) is 3.34. The maximum atomic E-state index is 8.15. The molecule has 1 aromatic rings. The summed E-state index contributed by atoms with van der Waals surface area (Å²) in [7, 11) is 0. The molecule has 0 fully saturated rings. The van der Waals surface area contributed by atoms with E-state index >= 15 is 0 Å². The van der Waals surface area contributed by atoms with E-state index in [1.54, 1.807) is 11.8 Å². The molecule has 4 heteroatoms. The van der Waals surface area contributed by atoms with E-state index in [9.17, 15) is 0 Å². The van der Waals surface area contributed by atoms with Crippen molar-refractivity contribution in [2.45, 2.75) is 46.6 Å². The third-order valence-electron chi connectivity index (χ3n) is 2.83. The van der Waals surface area contributed by atoms with Crippen LogP contribution < -0.4 is 10.2 Å². The predicted molar refractivity (Wildman–Crippen MR) is 83.7 cm³/mol. The Morgan fingerprint density at radius 3 is 2.42 bits per heavy atom. The van der Waals surface area contributed by atoms with Crippen LogP contribution in [0.4, 0.5) is 11.4 Å². The van der Waals surface area contributed by atoms with E-state index < -0.39 is 0 Å². The largest absolute Gasteiger partial charge is 0.378 e. The molecular weight excluding hydrogens is 236 g/mol. The average Bonchev–Trinajstić information content (AvgIpc) is 2.42. The Bertz CT molecular complexity index is 477. The number of amidine groups is 2. The van der Waals surface area contributed by atoms with Gasteiger partial charge in [0.2, 0.25) is 0 Å². The quantitative estimate of drug-likeness (QED) is 0.486. The van der Waals surface area contributed by atoms with Crippen LogP contribution in [-0.4, -0.2) is 17.2 Å². The molecule has 1 aromatic carbocycles. The van der Waals surface area contributed by atoms with E-state index in [1.165, 1.54) is 0 Å². The Hall–Kier alpha value is -1.84. The highest BCUT2D eigenvalue weighted by molar-refractivity contribution is 6.18. The molecule has 2 rings (SSSR count). The molecule has 0 bridgehead atoms. The van der Waals surface area contributed by atoms with Gasteiger partial charge in [-0.2, -0.15) is 0 Å². The highest BCUT2D eigenvalue weighted by Gasteiger charge is 2.30. The van der Waals surface area contributed by atoms with Gasteiger partial charge in [-0.05, 0) is 32.9 Å². The fraction of sp³-hybridized carbons (Fsp3) is 0.467. The molecule has 0 aromatic heterocycles. The van der Waals surface area contributed by atoms with Gasteiger partial charge >= 0.3 is 0 Å². The molecule has 0 unspecified atom stereocenters. The summed E-state index contributed by atoms with van der Waals surface area (Å²) in [4.78, 5) is 1.69. The lowest BCUT2D eigenvalue weighted by atomic mass is 10.00. The number of rotatable bonds is 0. The van der Waals surface area contributed by atoms with Gasteiger partial charge in [0, 0.05) is 12.0 Å². The lowest BCUT2D eigenvalue weighted by Gasteiger charge is -2.25. The molecule has 19 heavy (non-hydrogen) atoms. The monoisotopic (exact) mass is 260 g/mol. The Labute approximate surface area is 115 Å². The van der Waals surface area contributed by atoms with E-state index in [4.69, 9.17) is 10.8 Å². The normalized spacial score (nSPS) is 16.5. The van der Waals surface area contributed by atoms with Crippen molar-refractivity contribution >= 4 is 23.0 Å². The zero-order valence-electron chi connectivity index (χ0n) is 12.5. The van der Waals surface area contributed by atoms with Gasteiger partial charge in [-0.1, -0.05) is 26.0 Å². The molecule has 0 spiro atoms. The summed E-state index contributed by atoms with van der Waals surface area (Å²) in [6.45, 7) is 9.85. The molecule has 104 valence electrons. The third-order valence-corrected chi connectivity index (χ3v) is 2.83. The van der Waals surface area contributed by atoms with Crippen LogP contribution in [0.5, 0.6) is 0 Å². The molecule has 4 nitrogen and oxygen atoms in total. The Balaban J connectivity index is 0.000000861. The first-order valence-corrected chi connectivity index (χ1v) is 6.71. The van der Waals surface area contributed by atoms with Crippen LogP contribution in [0.3, 0.4) is 0 Å². The van der Waals surface area contributed by atoms with Crippen LogP contribution >= 0.6 is 0 Å². The molecule has 0 radical (unpaired) electrons. The van der Waals surface area contributed by atoms with Crippen LogP contribution in [0.1, 0.15) is 41.0 Å². The van der Waals surface area contributed by atoms with Gasteiger partial charge < -0.3 is 5.32 Å². The minimum Gasteiger partial charge on any atom is -0.378 e. The van der Waals surface area contributed by atoms with E-state index in [-0.39, 0.29) is 5.54 Å². The average molecular weight is 260 g/mol. The van der Waals surface area contributed by atoms with Crippen molar-refractivity contribution in [2.75, 3.05) is 10.2 Å². The smallest absolute Gasteiger partial charge is 0.108 e. The summed E-state index contributed by atoms with van der Waals surface area (Å²) in [5.74, 6) is 0.835. The van der Waals surface area contributed by atoms with Gasteiger partial charge in [0.15, 0.2) is 0 Å². The first kappa shape index (κ1) is 15.2. The van der Waals surface area contributed by atoms with Crippen molar-refractivity contribution in [3.05, 3.63) is 24.3 Å². The van der Waals surface area contributed by atoms with Crippen LogP contribution in [0.25, 0.3) is 0 Å². The minimum absolute atomic E-state index is 0.169. The first-order valence-electron chi connectivity index (χ1n) is 6.71. The number of anilines is 2. The summed E-state index contributed by atoms with van der Waals surface area (Å²) in [5.41, 5.74) is 1.69. The van der Waals surface area contributed by atoms with E-state index in [0.29, 0.717) is 18.1 Å². The molecule has 1 heterocycles. The minimum atomic E-state index is -0.169. The number of nitrogens with one attached hydrogen (secondary N) is 3. The highest BCUT2D eigenvalue weighted by Crippen LogP contribution is 2.33. The molecule has 0 atom stereocenters. The summed E-state index contributed by atoms with van der Waals surface area (Å²) in [6.07, 6.45) is 0.595. The van der Waals surface area contributed by atoms with Gasteiger partial charge in [0.05, 0.1) is 11.4 Å². The number of hydrogen-bond acceptors (Lipinski definition) is 3. The van der Waals surface area contributed by atoms with Gasteiger partial charge in [0.25, 0.3) is 0 Å². The molecule has 0 saturated heterocycles. The Morgan fingerprint density at radius 1 is 1.26 bits per heavy atom. The molecule has 0 aliphatic carbocycles. The van der Waals surface area contributed by atoms with Crippen molar-refractivity contribution in [1.29, 1.82) is 10.8 Å². The van der Waals surface area contributed by atoms with Gasteiger partial charge in [-0.15, -0.1) is 0 Å². The standard InChI is InChI=1S/C13H18N4.C2H6/c1-9(14)17-11-7-5-4-6-10(11)16-13(2,3)8-12(17)15;1-2/h4-7,14-16H,8H2,1-3H3;1-2H3. The van der Waals surface area contributed by atoms with Crippen LogP contribution in [0.15, 0.2) is 24.3 Å². The SMILES string of the molecule is CC.CC(=N)N1C(=N)CC(C)(C)Nc2ccccc21. The molecule has 1 aliphatic heterocycles. The summed E-state index contributed by atoms with van der Waals surface area (Å²) in [6, 6.07) is 7.83. The van der Waals surface area contributed by atoms with Crippen LogP contribution in [-0.2, 0) is 0 Å². The number of benzene rings is 1. The van der Waals surface area contributed by atoms with Gasteiger partial charge in [-0.3, -0.25) is 15.7 Å². The van der Waals surface area contributed by atoms with Crippen molar-refractivity contribution in [3.8, 4) is 0 Å². The molecule has 0 saturated carbocycles. The number of hydrogen-bond donors (Lipinski definition) is 3. The van der Waals surface area contributed by atoms with E-state index in [0.717, 1.165) is 11.4 Å². The molecule has 3 N–H and O–H groups in total. The van der Waals surface area contributed by atoms with Crippen molar-refractivity contribution in [2.24, 2.45) is 0 Å². The van der Waals surface area contributed by atoms with Gasteiger partial charge in [0.1, 0.15) is 11.7 Å². The number of nitrogens with zero attached hydrogens (tertiary/aromatic N) is 1. The maximum absolute atomic E-state index is 8.15. The molecule has 1 aliphatic rings. The second kappa shape index (κ2) is 5.87. The predicted octanol–water partition coefficient (Wildman–Crippen LogP) is 4.09. The van der Waals surface area contributed by atoms with Crippen LogP contribution in [0.2, 0.25) is 0 Å². The lowest BCUT2D eigenvalue weighted by molar-refractivity contribution is 0.593. The van der Waals surface area contributed by atoms with Crippen molar-refractivity contribution in [1.82, 2.24) is 0 Å². The fourth-order valence-corrected chi connectivity index (χ4v) is 2.21. The second-order valence-corrected chi connectivity index (χ2v) is 5.07. The zero-order chi connectivity index (χ0) is 14.6. The van der Waals surface area contributed by atoms with Crippen molar-refractivity contribution < 1.29 is 0 Å². The summed E-state index contributed by atoms with van der Waals surface area (Å²) >= 11 is 0. The number of para-hydroxylation sites is 2. The summed E-state index contributed by atoms with van der Waals surface area (Å²) in [5, 5.41) is 19.4. The first-order chi connectivity index (χ1) is 8.91. The van der Waals surface area contributed by atoms with Crippen LogP contribution in [0, 0.1) is 10.8 Å². The fourth-order valence-electron chi connectivity index (χ4n) is 2.21. The summed E-state index contributed by atoms with van der Waals surface area (Å²) < 4.78 is 0. The second-order valence-electron chi connectivity index (χ2n) is 5.07. The Kier molecular flexibility index (Phi) is 4.70. The lowest BCUT2D eigenvalue weighted by Crippen LogP contribution is -2.38. The van der Waals surface area contributed by atoms with Gasteiger partial charge in [-0.25, -0.2) is 0 Å². The topological polar surface area (TPSA) is 63.0 Å². The highest BCUT2D eigenvalue weighted by atomic mass is 15.2. The molecular formula is C15H24N4. The van der Waals surface area contributed by atoms with E-state index in [1.807, 2.05) is 38.1 Å². The maximum Gasteiger partial charge on any atom is 0.108 e. The van der Waals surface area contributed by atoms with Crippen molar-refractivity contribution in [3.63, 3.8) is 0 Å². The zero-order valence-corrected chi connectivity index (χ0v) is 12.5. The van der Waals surface area contributed by atoms with E-state index in [2.05, 4.69) is 19.2 Å². The number of fused-ring (bicyclic) bond motifs is 1. The molecule has 0 amide bonds. The Morgan fingerprint density at radius 2 is 1.84 bits per heavy atom.